The number of hydrogen-bond donors (Lipinski definition) is 2. The Morgan fingerprint density at radius 3 is 3.00 bits per heavy atom. The number of nitrogens with one attached hydrogen (secondary N) is 1. The number of carbonyl (C=O) groups is 1. The summed E-state index contributed by atoms with van der Waals surface area (Å²) in [6.45, 7) is 3.33. The lowest BCUT2D eigenvalue weighted by Gasteiger charge is -2.19. The van der Waals surface area contributed by atoms with Crippen molar-refractivity contribution >= 4 is 18.6 Å². The van der Waals surface area contributed by atoms with E-state index in [0.717, 1.165) is 13.0 Å². The molecule has 2 N–H and O–H groups in total. The zero-order valence-electron chi connectivity index (χ0n) is 8.77. The third-order valence-corrected chi connectivity index (χ3v) is 2.14. The van der Waals surface area contributed by atoms with Gasteiger partial charge in [-0.2, -0.15) is 0 Å². The Balaban J connectivity index is 0.00000196. The first-order valence-electron chi connectivity index (χ1n) is 4.96. The summed E-state index contributed by atoms with van der Waals surface area (Å²) in [5, 5.41) is 12.7. The van der Waals surface area contributed by atoms with E-state index >= 15 is 0 Å². The molecule has 1 aliphatic heterocycles. The second-order valence-corrected chi connectivity index (χ2v) is 3.25. The van der Waals surface area contributed by atoms with Crippen LogP contribution >= 0.6 is 12.4 Å². The Bertz CT molecular complexity index is 191. The van der Waals surface area contributed by atoms with Crippen molar-refractivity contribution in [3.8, 4) is 0 Å². The van der Waals surface area contributed by atoms with E-state index in [9.17, 15) is 9.90 Å². The first kappa shape index (κ1) is 14.5. The molecule has 0 saturated carbocycles. The van der Waals surface area contributed by atoms with Crippen molar-refractivity contribution in [2.45, 2.75) is 32.0 Å². The van der Waals surface area contributed by atoms with Gasteiger partial charge in [0.25, 0.3) is 0 Å². The van der Waals surface area contributed by atoms with Gasteiger partial charge in [0.05, 0.1) is 12.7 Å². The van der Waals surface area contributed by atoms with Crippen molar-refractivity contribution in [2.75, 3.05) is 19.7 Å². The third kappa shape index (κ3) is 5.20. The van der Waals surface area contributed by atoms with Gasteiger partial charge in [0.15, 0.2) is 0 Å². The molecule has 0 bridgehead atoms. The minimum atomic E-state index is -0.708. The average Bonchev–Trinajstić information content (AvgIpc) is 2.33. The maximum Gasteiger partial charge on any atom is 0.508 e. The van der Waals surface area contributed by atoms with Crippen molar-refractivity contribution in [3.63, 3.8) is 0 Å². The highest BCUT2D eigenvalue weighted by Crippen LogP contribution is 2.09. The van der Waals surface area contributed by atoms with Crippen LogP contribution in [-0.4, -0.2) is 43.2 Å². The van der Waals surface area contributed by atoms with Crippen LogP contribution in [0.5, 0.6) is 0 Å². The van der Waals surface area contributed by atoms with Gasteiger partial charge in [-0.3, -0.25) is 0 Å². The lowest BCUT2D eigenvalue weighted by atomic mass is 10.1. The largest absolute Gasteiger partial charge is 0.508 e. The summed E-state index contributed by atoms with van der Waals surface area (Å²) in [4.78, 5) is 11.0. The van der Waals surface area contributed by atoms with Crippen LogP contribution in [0.3, 0.4) is 0 Å². The summed E-state index contributed by atoms with van der Waals surface area (Å²) in [6, 6.07) is 0. The Kier molecular flexibility index (Phi) is 7.46. The van der Waals surface area contributed by atoms with E-state index in [4.69, 9.17) is 4.74 Å². The van der Waals surface area contributed by atoms with Crippen LogP contribution in [0.25, 0.3) is 0 Å². The smallest absolute Gasteiger partial charge is 0.435 e. The highest BCUT2D eigenvalue weighted by Gasteiger charge is 2.25. The molecule has 1 rings (SSSR count). The Labute approximate surface area is 95.5 Å². The maximum atomic E-state index is 11.0. The summed E-state index contributed by atoms with van der Waals surface area (Å²) in [7, 11) is 0. The molecule has 1 fully saturated rings. The fourth-order valence-corrected chi connectivity index (χ4v) is 1.40. The van der Waals surface area contributed by atoms with Gasteiger partial charge in [0.1, 0.15) is 6.10 Å². The Morgan fingerprint density at radius 1 is 1.60 bits per heavy atom. The molecule has 15 heavy (non-hydrogen) atoms. The van der Waals surface area contributed by atoms with Crippen LogP contribution in [-0.2, 0) is 9.47 Å². The van der Waals surface area contributed by atoms with Crippen LogP contribution in [0.2, 0.25) is 0 Å². The molecule has 2 atom stereocenters. The molecule has 0 aliphatic carbocycles. The van der Waals surface area contributed by atoms with E-state index < -0.39 is 18.4 Å². The number of aliphatic hydroxyl groups is 1. The first-order valence-corrected chi connectivity index (χ1v) is 4.96. The van der Waals surface area contributed by atoms with Crippen LogP contribution in [0, 0.1) is 0 Å². The number of rotatable bonds is 2. The second kappa shape index (κ2) is 7.73. The predicted molar refractivity (Wildman–Crippen MR) is 57.3 cm³/mol. The highest BCUT2D eigenvalue weighted by atomic mass is 35.5. The van der Waals surface area contributed by atoms with Gasteiger partial charge < -0.3 is 19.9 Å². The SMILES string of the molecule is CCOC(=O)O[C@@H]1CNCCC[C@H]1O.Cl. The fraction of sp³-hybridized carbons (Fsp3) is 0.889. The molecule has 90 valence electrons. The fourth-order valence-electron chi connectivity index (χ4n) is 1.40. The van der Waals surface area contributed by atoms with Gasteiger partial charge >= 0.3 is 6.16 Å². The maximum absolute atomic E-state index is 11.0. The summed E-state index contributed by atoms with van der Waals surface area (Å²) < 4.78 is 9.58. The molecule has 0 spiro atoms. The van der Waals surface area contributed by atoms with E-state index in [1.807, 2.05) is 0 Å². The monoisotopic (exact) mass is 239 g/mol. The van der Waals surface area contributed by atoms with Gasteiger partial charge in [-0.25, -0.2) is 4.79 Å². The number of hydrogen-bond acceptors (Lipinski definition) is 5. The first-order chi connectivity index (χ1) is 6.74. The Hall–Kier alpha value is -0.520. The van der Waals surface area contributed by atoms with E-state index in [1.54, 1.807) is 6.92 Å². The second-order valence-electron chi connectivity index (χ2n) is 3.25. The van der Waals surface area contributed by atoms with Crippen molar-refractivity contribution in [2.24, 2.45) is 0 Å². The molecule has 0 amide bonds. The molecule has 0 aromatic carbocycles. The van der Waals surface area contributed by atoms with Crippen LogP contribution in [0.15, 0.2) is 0 Å². The minimum Gasteiger partial charge on any atom is -0.435 e. The average molecular weight is 240 g/mol. The molecule has 0 aromatic rings. The summed E-state index contributed by atoms with van der Waals surface area (Å²) in [5.74, 6) is 0. The third-order valence-electron chi connectivity index (χ3n) is 2.14. The molecular weight excluding hydrogens is 222 g/mol. The van der Waals surface area contributed by atoms with Gasteiger partial charge in [-0.05, 0) is 26.3 Å². The van der Waals surface area contributed by atoms with Crippen molar-refractivity contribution in [3.05, 3.63) is 0 Å². The van der Waals surface area contributed by atoms with E-state index in [0.29, 0.717) is 13.0 Å². The number of carbonyl (C=O) groups excluding carboxylic acids is 1. The molecule has 0 aromatic heterocycles. The van der Waals surface area contributed by atoms with Gasteiger partial charge in [0, 0.05) is 6.54 Å². The molecule has 1 heterocycles. The van der Waals surface area contributed by atoms with E-state index in [2.05, 4.69) is 10.1 Å². The van der Waals surface area contributed by atoms with Crippen molar-refractivity contribution in [1.29, 1.82) is 0 Å². The number of ether oxygens (including phenoxy) is 2. The molecule has 1 aliphatic rings. The van der Waals surface area contributed by atoms with E-state index in [1.165, 1.54) is 0 Å². The molecule has 0 unspecified atom stereocenters. The highest BCUT2D eigenvalue weighted by molar-refractivity contribution is 5.85. The van der Waals surface area contributed by atoms with Crippen molar-refractivity contribution < 1.29 is 19.4 Å². The zero-order valence-corrected chi connectivity index (χ0v) is 9.59. The van der Waals surface area contributed by atoms with Crippen LogP contribution in [0.4, 0.5) is 4.79 Å². The van der Waals surface area contributed by atoms with Gasteiger partial charge in [-0.1, -0.05) is 0 Å². The molecular formula is C9H18ClNO4. The summed E-state index contributed by atoms with van der Waals surface area (Å²) >= 11 is 0. The van der Waals surface area contributed by atoms with Crippen LogP contribution in [0.1, 0.15) is 19.8 Å². The minimum absolute atomic E-state index is 0. The molecule has 1 saturated heterocycles. The van der Waals surface area contributed by atoms with Crippen molar-refractivity contribution in [1.82, 2.24) is 5.32 Å². The predicted octanol–water partition coefficient (Wildman–Crippen LogP) is 0.694. The number of halogens is 1. The summed E-state index contributed by atoms with van der Waals surface area (Å²) in [5.41, 5.74) is 0. The number of aliphatic hydroxyl groups excluding tert-OH is 1. The van der Waals surface area contributed by atoms with Gasteiger partial charge in [0.2, 0.25) is 0 Å². The Morgan fingerprint density at radius 2 is 2.33 bits per heavy atom. The topological polar surface area (TPSA) is 67.8 Å². The summed E-state index contributed by atoms with van der Waals surface area (Å²) in [6.07, 6.45) is -0.243. The lowest BCUT2D eigenvalue weighted by Crippen LogP contribution is -2.37. The van der Waals surface area contributed by atoms with E-state index in [-0.39, 0.29) is 19.0 Å². The molecule has 6 heteroatoms. The van der Waals surface area contributed by atoms with Crippen LogP contribution < -0.4 is 5.32 Å². The molecule has 0 radical (unpaired) electrons. The normalized spacial score (nSPS) is 26.0. The quantitative estimate of drug-likeness (QED) is 0.695. The lowest BCUT2D eigenvalue weighted by molar-refractivity contribution is -0.0277. The zero-order chi connectivity index (χ0) is 10.4. The standard InChI is InChI=1S/C9H17NO4.ClH/c1-2-13-9(12)14-8-6-10-5-3-4-7(8)11;/h7-8,10-11H,2-6H2,1H3;1H/t7-,8-;/m1./s1. The molecule has 5 nitrogen and oxygen atoms in total. The van der Waals surface area contributed by atoms with Gasteiger partial charge in [-0.15, -0.1) is 12.4 Å².